The Kier molecular flexibility index (Phi) is 6.77. The van der Waals surface area contributed by atoms with Crippen molar-refractivity contribution in [1.82, 2.24) is 5.32 Å². The van der Waals surface area contributed by atoms with Crippen molar-refractivity contribution in [2.24, 2.45) is 0 Å². The van der Waals surface area contributed by atoms with Gasteiger partial charge in [-0.2, -0.15) is 0 Å². The lowest BCUT2D eigenvalue weighted by molar-refractivity contribution is 0.172. The van der Waals surface area contributed by atoms with E-state index >= 15 is 0 Å². The average Bonchev–Trinajstić information content (AvgIpc) is 2.50. The van der Waals surface area contributed by atoms with Crippen molar-refractivity contribution in [2.75, 3.05) is 18.9 Å². The number of nitrogens with one attached hydrogen (secondary N) is 1. The number of rotatable bonds is 7. The van der Waals surface area contributed by atoms with E-state index in [2.05, 4.69) is 24.4 Å². The van der Waals surface area contributed by atoms with Crippen LogP contribution in [0.5, 0.6) is 0 Å². The second-order valence-electron chi connectivity index (χ2n) is 4.85. The Morgan fingerprint density at radius 2 is 2.25 bits per heavy atom. The summed E-state index contributed by atoms with van der Waals surface area (Å²) in [5.74, 6) is 2.04. The summed E-state index contributed by atoms with van der Waals surface area (Å²) >= 11 is 7.99. The topological polar surface area (TPSA) is 21.3 Å². The molecule has 110 valence electrons. The lowest BCUT2D eigenvalue weighted by Gasteiger charge is -2.24. The summed E-state index contributed by atoms with van der Waals surface area (Å²) in [4.78, 5) is 1.13. The van der Waals surface area contributed by atoms with Gasteiger partial charge in [-0.3, -0.25) is 0 Å². The number of halogens is 1. The summed E-state index contributed by atoms with van der Waals surface area (Å²) in [7, 11) is 0. The molecule has 1 unspecified atom stereocenters. The summed E-state index contributed by atoms with van der Waals surface area (Å²) in [5.41, 5.74) is 0. The molecular formula is C16H22ClNOS. The fraction of sp³-hybridized carbons (Fsp3) is 0.500. The molecule has 20 heavy (non-hydrogen) atoms. The largest absolute Gasteiger partial charge is 0.497 e. The number of ether oxygens (including phenoxy) is 1. The van der Waals surface area contributed by atoms with Gasteiger partial charge in [-0.15, -0.1) is 11.8 Å². The van der Waals surface area contributed by atoms with Crippen molar-refractivity contribution in [1.29, 1.82) is 0 Å². The first-order valence-corrected chi connectivity index (χ1v) is 8.61. The number of allylic oxidation sites excluding steroid dienone is 1. The standard InChI is InChI=1S/C16H22ClNOS/c1-2-10-18-14(15-8-5-6-11-19-15)12-20-16-9-4-3-7-13(16)17/h3-4,7-9,14,18H,2,5-6,10-12H2,1H3. The zero-order chi connectivity index (χ0) is 14.2. The third-order valence-electron chi connectivity index (χ3n) is 3.19. The van der Waals surface area contributed by atoms with E-state index in [1.54, 1.807) is 11.8 Å². The van der Waals surface area contributed by atoms with E-state index in [1.807, 2.05) is 18.2 Å². The van der Waals surface area contributed by atoms with Gasteiger partial charge in [-0.05, 0) is 44.0 Å². The van der Waals surface area contributed by atoms with Crippen molar-refractivity contribution < 1.29 is 4.74 Å². The molecule has 1 heterocycles. The molecule has 0 spiro atoms. The molecule has 1 N–H and O–H groups in total. The highest BCUT2D eigenvalue weighted by molar-refractivity contribution is 7.99. The van der Waals surface area contributed by atoms with Crippen LogP contribution in [-0.2, 0) is 4.74 Å². The molecule has 1 atom stereocenters. The third kappa shape index (κ3) is 4.72. The Bertz CT molecular complexity index is 450. The van der Waals surface area contributed by atoms with Crippen LogP contribution in [0.15, 0.2) is 41.0 Å². The van der Waals surface area contributed by atoms with Gasteiger partial charge in [-0.1, -0.05) is 30.7 Å². The van der Waals surface area contributed by atoms with Crippen LogP contribution in [0.3, 0.4) is 0 Å². The number of benzene rings is 1. The predicted octanol–water partition coefficient (Wildman–Crippen LogP) is 4.49. The highest BCUT2D eigenvalue weighted by atomic mass is 35.5. The molecule has 0 aromatic heterocycles. The van der Waals surface area contributed by atoms with Crippen LogP contribution in [0.25, 0.3) is 0 Å². The number of hydrogen-bond acceptors (Lipinski definition) is 3. The van der Waals surface area contributed by atoms with Gasteiger partial charge < -0.3 is 10.1 Å². The maximum absolute atomic E-state index is 6.21. The lowest BCUT2D eigenvalue weighted by atomic mass is 10.1. The van der Waals surface area contributed by atoms with Crippen LogP contribution in [0.2, 0.25) is 5.02 Å². The zero-order valence-electron chi connectivity index (χ0n) is 11.9. The van der Waals surface area contributed by atoms with Gasteiger partial charge in [-0.25, -0.2) is 0 Å². The van der Waals surface area contributed by atoms with Crippen LogP contribution >= 0.6 is 23.4 Å². The van der Waals surface area contributed by atoms with E-state index in [9.17, 15) is 0 Å². The minimum atomic E-state index is 0.275. The molecule has 0 radical (unpaired) electrons. The molecule has 1 aromatic carbocycles. The van der Waals surface area contributed by atoms with Crippen molar-refractivity contribution in [2.45, 2.75) is 37.1 Å². The van der Waals surface area contributed by atoms with E-state index in [0.29, 0.717) is 0 Å². The summed E-state index contributed by atoms with van der Waals surface area (Å²) < 4.78 is 5.81. The maximum Gasteiger partial charge on any atom is 0.110 e. The molecule has 0 fully saturated rings. The fourth-order valence-corrected chi connectivity index (χ4v) is 3.42. The monoisotopic (exact) mass is 311 g/mol. The number of thioether (sulfide) groups is 1. The highest BCUT2D eigenvalue weighted by Crippen LogP contribution is 2.28. The first kappa shape index (κ1) is 15.7. The first-order valence-electron chi connectivity index (χ1n) is 7.25. The Morgan fingerprint density at radius 1 is 1.40 bits per heavy atom. The Balaban J connectivity index is 1.96. The van der Waals surface area contributed by atoms with E-state index < -0.39 is 0 Å². The minimum absolute atomic E-state index is 0.275. The molecule has 1 aliphatic heterocycles. The van der Waals surface area contributed by atoms with E-state index in [1.165, 1.54) is 0 Å². The SMILES string of the molecule is CCCNC(CSc1ccccc1Cl)C1=CCCCO1. The third-order valence-corrected chi connectivity index (χ3v) is 4.80. The quantitative estimate of drug-likeness (QED) is 0.749. The molecule has 0 aliphatic carbocycles. The molecular weight excluding hydrogens is 290 g/mol. The smallest absolute Gasteiger partial charge is 0.110 e. The van der Waals surface area contributed by atoms with Gasteiger partial charge in [0.2, 0.25) is 0 Å². The highest BCUT2D eigenvalue weighted by Gasteiger charge is 2.18. The van der Waals surface area contributed by atoms with Crippen molar-refractivity contribution in [3.8, 4) is 0 Å². The maximum atomic E-state index is 6.21. The first-order chi connectivity index (χ1) is 9.81. The average molecular weight is 312 g/mol. The Hall–Kier alpha value is -0.640. The molecule has 0 bridgehead atoms. The summed E-state index contributed by atoms with van der Waals surface area (Å²) in [5, 5.41) is 4.40. The lowest BCUT2D eigenvalue weighted by Crippen LogP contribution is -2.35. The Morgan fingerprint density at radius 3 is 2.95 bits per heavy atom. The van der Waals surface area contributed by atoms with E-state index in [4.69, 9.17) is 16.3 Å². The van der Waals surface area contributed by atoms with E-state index in [-0.39, 0.29) is 6.04 Å². The van der Waals surface area contributed by atoms with Gasteiger partial charge in [0.15, 0.2) is 0 Å². The molecule has 0 saturated heterocycles. The molecule has 1 aliphatic rings. The molecule has 2 rings (SSSR count). The van der Waals surface area contributed by atoms with Gasteiger partial charge in [0, 0.05) is 10.6 Å². The van der Waals surface area contributed by atoms with E-state index in [0.717, 1.165) is 53.8 Å². The van der Waals surface area contributed by atoms with Crippen molar-refractivity contribution >= 4 is 23.4 Å². The van der Waals surface area contributed by atoms with Crippen LogP contribution in [0.1, 0.15) is 26.2 Å². The van der Waals surface area contributed by atoms with Crippen LogP contribution in [0, 0.1) is 0 Å². The van der Waals surface area contributed by atoms with Gasteiger partial charge >= 0.3 is 0 Å². The van der Waals surface area contributed by atoms with Gasteiger partial charge in [0.25, 0.3) is 0 Å². The predicted molar refractivity (Wildman–Crippen MR) is 87.5 cm³/mol. The zero-order valence-corrected chi connectivity index (χ0v) is 13.5. The fourth-order valence-electron chi connectivity index (χ4n) is 2.11. The second kappa shape index (κ2) is 8.60. The van der Waals surface area contributed by atoms with Gasteiger partial charge in [0.05, 0.1) is 17.7 Å². The molecule has 2 nitrogen and oxygen atoms in total. The Labute approximate surface area is 130 Å². The number of hydrogen-bond donors (Lipinski definition) is 1. The normalized spacial score (nSPS) is 16.4. The summed E-state index contributed by atoms with van der Waals surface area (Å²) in [6.07, 6.45) is 5.60. The summed E-state index contributed by atoms with van der Waals surface area (Å²) in [6.45, 7) is 4.03. The molecule has 4 heteroatoms. The van der Waals surface area contributed by atoms with Crippen molar-refractivity contribution in [3.63, 3.8) is 0 Å². The van der Waals surface area contributed by atoms with Crippen LogP contribution < -0.4 is 5.32 Å². The molecule has 1 aromatic rings. The summed E-state index contributed by atoms with van der Waals surface area (Å²) in [6, 6.07) is 8.27. The van der Waals surface area contributed by atoms with Crippen LogP contribution in [0.4, 0.5) is 0 Å². The molecule has 0 saturated carbocycles. The van der Waals surface area contributed by atoms with Crippen LogP contribution in [-0.4, -0.2) is 24.9 Å². The van der Waals surface area contributed by atoms with Crippen molar-refractivity contribution in [3.05, 3.63) is 41.1 Å². The molecule has 0 amide bonds. The van der Waals surface area contributed by atoms with Gasteiger partial charge in [0.1, 0.15) is 5.76 Å². The minimum Gasteiger partial charge on any atom is -0.497 e. The second-order valence-corrected chi connectivity index (χ2v) is 6.31.